The molecule has 1 amide bonds. The molecule has 0 unspecified atom stereocenters. The van der Waals surface area contributed by atoms with Gasteiger partial charge in [0.15, 0.2) is 5.11 Å². The van der Waals surface area contributed by atoms with E-state index in [1.54, 1.807) is 4.90 Å². The molecule has 0 radical (unpaired) electrons. The van der Waals surface area contributed by atoms with Crippen molar-refractivity contribution < 1.29 is 4.79 Å². The highest BCUT2D eigenvalue weighted by molar-refractivity contribution is 7.98. The Labute approximate surface area is 117 Å². The van der Waals surface area contributed by atoms with Crippen molar-refractivity contribution in [1.29, 1.82) is 0 Å². The topological polar surface area (TPSA) is 32.3 Å². The van der Waals surface area contributed by atoms with E-state index < -0.39 is 0 Å². The minimum atomic E-state index is -0.170. The minimum absolute atomic E-state index is 0.0836. The molecule has 0 saturated carbocycles. The number of benzene rings is 1. The molecule has 1 saturated heterocycles. The molecule has 3 nitrogen and oxygen atoms in total. The lowest BCUT2D eigenvalue weighted by Gasteiger charge is -2.14. The van der Waals surface area contributed by atoms with Gasteiger partial charge in [0, 0.05) is 18.1 Å². The first-order valence-corrected chi connectivity index (χ1v) is 7.48. The van der Waals surface area contributed by atoms with Crippen LogP contribution in [-0.2, 0) is 10.5 Å². The van der Waals surface area contributed by atoms with Crippen molar-refractivity contribution in [3.05, 3.63) is 35.9 Å². The molecular weight excluding hydrogens is 264 g/mol. The zero-order chi connectivity index (χ0) is 13.0. The third-order valence-corrected chi connectivity index (χ3v) is 4.14. The average molecular weight is 280 g/mol. The molecule has 18 heavy (non-hydrogen) atoms. The van der Waals surface area contributed by atoms with Crippen LogP contribution in [0.5, 0.6) is 0 Å². The van der Waals surface area contributed by atoms with E-state index in [0.717, 1.165) is 11.5 Å². The van der Waals surface area contributed by atoms with Gasteiger partial charge in [-0.1, -0.05) is 30.3 Å². The molecule has 0 bridgehead atoms. The molecule has 1 atom stereocenters. The molecule has 0 spiro atoms. The third-order valence-electron chi connectivity index (χ3n) is 2.79. The van der Waals surface area contributed by atoms with E-state index in [4.69, 9.17) is 12.2 Å². The summed E-state index contributed by atoms with van der Waals surface area (Å²) in [4.78, 5) is 13.4. The summed E-state index contributed by atoms with van der Waals surface area (Å²) in [6.45, 7) is 2.53. The Balaban J connectivity index is 1.73. The normalized spacial score (nSPS) is 19.2. The van der Waals surface area contributed by atoms with Crippen LogP contribution < -0.4 is 5.32 Å². The Morgan fingerprint density at radius 2 is 2.11 bits per heavy atom. The van der Waals surface area contributed by atoms with E-state index in [0.29, 0.717) is 11.7 Å². The molecule has 5 heteroatoms. The minimum Gasteiger partial charge on any atom is -0.351 e. The van der Waals surface area contributed by atoms with Crippen LogP contribution in [0, 0.1) is 0 Å². The summed E-state index contributed by atoms with van der Waals surface area (Å²) in [5.41, 5.74) is 1.31. The number of thioether (sulfide) groups is 1. The lowest BCUT2D eigenvalue weighted by Crippen LogP contribution is -2.33. The van der Waals surface area contributed by atoms with Gasteiger partial charge in [0.05, 0.1) is 0 Å². The zero-order valence-electron chi connectivity index (χ0n) is 10.3. The fourth-order valence-corrected chi connectivity index (χ4v) is 3.03. The van der Waals surface area contributed by atoms with Gasteiger partial charge < -0.3 is 5.32 Å². The molecule has 1 aromatic rings. The first-order valence-electron chi connectivity index (χ1n) is 5.92. The summed E-state index contributed by atoms with van der Waals surface area (Å²) in [7, 11) is 0. The largest absolute Gasteiger partial charge is 0.351 e. The van der Waals surface area contributed by atoms with E-state index in [1.165, 1.54) is 5.56 Å². The zero-order valence-corrected chi connectivity index (χ0v) is 11.9. The van der Waals surface area contributed by atoms with Gasteiger partial charge in [0.1, 0.15) is 6.04 Å². The third kappa shape index (κ3) is 3.23. The smallest absolute Gasteiger partial charge is 0.251 e. The standard InChI is InChI=1S/C13H16N2OS2/c1-10-12(16)15(13(17)14-10)7-8-18-9-11-5-3-2-4-6-11/h2-6,10H,7-9H2,1H3,(H,14,17)/t10-/m0/s1. The van der Waals surface area contributed by atoms with Gasteiger partial charge in [0.2, 0.25) is 0 Å². The van der Waals surface area contributed by atoms with Crippen molar-refractivity contribution in [3.63, 3.8) is 0 Å². The number of hydrogen-bond acceptors (Lipinski definition) is 3. The van der Waals surface area contributed by atoms with Crippen LogP contribution in [0.2, 0.25) is 0 Å². The van der Waals surface area contributed by atoms with E-state index in [1.807, 2.05) is 36.9 Å². The first kappa shape index (κ1) is 13.4. The van der Waals surface area contributed by atoms with Crippen LogP contribution in [0.3, 0.4) is 0 Å². The second-order valence-electron chi connectivity index (χ2n) is 4.20. The lowest BCUT2D eigenvalue weighted by molar-refractivity contribution is -0.126. The Hall–Kier alpha value is -1.07. The van der Waals surface area contributed by atoms with Gasteiger partial charge >= 0.3 is 0 Å². The van der Waals surface area contributed by atoms with Gasteiger partial charge in [0.25, 0.3) is 5.91 Å². The first-order chi connectivity index (χ1) is 8.68. The molecule has 1 aliphatic rings. The predicted molar refractivity (Wildman–Crippen MR) is 79.5 cm³/mol. The fraction of sp³-hybridized carbons (Fsp3) is 0.385. The molecular formula is C13H16N2OS2. The van der Waals surface area contributed by atoms with Crippen molar-refractivity contribution >= 4 is 35.0 Å². The van der Waals surface area contributed by atoms with Gasteiger partial charge in [-0.25, -0.2) is 0 Å². The number of nitrogens with one attached hydrogen (secondary N) is 1. The number of amides is 1. The maximum atomic E-state index is 11.7. The van der Waals surface area contributed by atoms with Crippen molar-refractivity contribution in [2.45, 2.75) is 18.7 Å². The van der Waals surface area contributed by atoms with E-state index >= 15 is 0 Å². The molecule has 2 rings (SSSR count). The summed E-state index contributed by atoms with van der Waals surface area (Å²) >= 11 is 6.94. The number of rotatable bonds is 5. The summed E-state index contributed by atoms with van der Waals surface area (Å²) in [6.07, 6.45) is 0. The van der Waals surface area contributed by atoms with Crippen molar-refractivity contribution in [2.24, 2.45) is 0 Å². The number of carbonyl (C=O) groups excluding carboxylic acids is 1. The predicted octanol–water partition coefficient (Wildman–Crippen LogP) is 2.03. The monoisotopic (exact) mass is 280 g/mol. The molecule has 0 aromatic heterocycles. The van der Waals surface area contributed by atoms with Crippen LogP contribution in [-0.4, -0.2) is 34.3 Å². The van der Waals surface area contributed by atoms with Crippen LogP contribution in [0.1, 0.15) is 12.5 Å². The molecule has 1 aliphatic heterocycles. The number of thiocarbonyl (C=S) groups is 1. The van der Waals surface area contributed by atoms with Crippen molar-refractivity contribution in [3.8, 4) is 0 Å². The van der Waals surface area contributed by atoms with Gasteiger partial charge in [-0.15, -0.1) is 0 Å². The summed E-state index contributed by atoms with van der Waals surface area (Å²) < 4.78 is 0. The van der Waals surface area contributed by atoms with E-state index in [9.17, 15) is 4.79 Å². The van der Waals surface area contributed by atoms with Crippen LogP contribution in [0.15, 0.2) is 30.3 Å². The highest BCUT2D eigenvalue weighted by Crippen LogP contribution is 2.13. The summed E-state index contributed by atoms with van der Waals surface area (Å²) in [5.74, 6) is 1.95. The van der Waals surface area contributed by atoms with E-state index in [2.05, 4.69) is 17.4 Å². The van der Waals surface area contributed by atoms with Crippen LogP contribution in [0.25, 0.3) is 0 Å². The van der Waals surface area contributed by atoms with Crippen molar-refractivity contribution in [1.82, 2.24) is 10.2 Å². The van der Waals surface area contributed by atoms with Gasteiger partial charge in [-0.05, 0) is 24.7 Å². The Morgan fingerprint density at radius 1 is 1.39 bits per heavy atom. The Morgan fingerprint density at radius 3 is 2.72 bits per heavy atom. The van der Waals surface area contributed by atoms with Gasteiger partial charge in [-0.2, -0.15) is 11.8 Å². The maximum absolute atomic E-state index is 11.7. The highest BCUT2D eigenvalue weighted by atomic mass is 32.2. The van der Waals surface area contributed by atoms with Gasteiger partial charge in [-0.3, -0.25) is 9.69 Å². The van der Waals surface area contributed by atoms with Crippen LogP contribution in [0.4, 0.5) is 0 Å². The SMILES string of the molecule is C[C@@H]1NC(=S)N(CCSCc2ccccc2)C1=O. The second kappa shape index (κ2) is 6.20. The fourth-order valence-electron chi connectivity index (χ4n) is 1.79. The molecule has 96 valence electrons. The van der Waals surface area contributed by atoms with Crippen LogP contribution >= 0.6 is 24.0 Å². The highest BCUT2D eigenvalue weighted by Gasteiger charge is 2.31. The molecule has 1 fully saturated rings. The van der Waals surface area contributed by atoms with E-state index in [-0.39, 0.29) is 11.9 Å². The number of hydrogen-bond donors (Lipinski definition) is 1. The maximum Gasteiger partial charge on any atom is 0.251 e. The summed E-state index contributed by atoms with van der Waals surface area (Å²) in [6, 6.07) is 10.2. The molecule has 0 aliphatic carbocycles. The second-order valence-corrected chi connectivity index (χ2v) is 5.69. The number of carbonyl (C=O) groups is 1. The Bertz CT molecular complexity index is 436. The number of nitrogens with zero attached hydrogens (tertiary/aromatic N) is 1. The quantitative estimate of drug-likeness (QED) is 0.661. The van der Waals surface area contributed by atoms with Crippen molar-refractivity contribution in [2.75, 3.05) is 12.3 Å². The molecule has 1 aromatic carbocycles. The Kier molecular flexibility index (Phi) is 4.60. The summed E-state index contributed by atoms with van der Waals surface area (Å²) in [5, 5.41) is 3.54. The molecule has 1 N–H and O–H groups in total. The molecule has 1 heterocycles. The lowest BCUT2D eigenvalue weighted by atomic mass is 10.2. The average Bonchev–Trinajstić information content (AvgIpc) is 2.61.